The number of nitrogens with zero attached hydrogens (tertiary/aromatic N) is 3. The van der Waals surface area contributed by atoms with Gasteiger partial charge in [-0.05, 0) is 30.7 Å². The van der Waals surface area contributed by atoms with Crippen LogP contribution in [0.1, 0.15) is 28.3 Å². The number of amides is 1. The third-order valence-electron chi connectivity index (χ3n) is 4.31. The molecule has 2 heterocycles. The van der Waals surface area contributed by atoms with Crippen molar-refractivity contribution >= 4 is 11.6 Å². The topological polar surface area (TPSA) is 69.7 Å². The highest BCUT2D eigenvalue weighted by Gasteiger charge is 2.23. The number of para-hydroxylation sites is 1. The van der Waals surface area contributed by atoms with E-state index in [0.717, 1.165) is 18.7 Å². The first kappa shape index (κ1) is 17.1. The van der Waals surface area contributed by atoms with Crippen molar-refractivity contribution in [2.75, 3.05) is 38.2 Å². The lowest BCUT2D eigenvalue weighted by Gasteiger charge is -2.24. The summed E-state index contributed by atoms with van der Waals surface area (Å²) in [6.45, 7) is 3.13. The fraction of sp³-hybridized carbons (Fsp3) is 0.368. The molecule has 130 valence electrons. The predicted octanol–water partition coefficient (Wildman–Crippen LogP) is 2.65. The Hall–Kier alpha value is -2.78. The van der Waals surface area contributed by atoms with E-state index in [-0.39, 0.29) is 5.91 Å². The molecule has 1 aromatic heterocycles. The van der Waals surface area contributed by atoms with Crippen LogP contribution in [-0.2, 0) is 11.3 Å². The standard InChI is InChI=1S/C19H21N3O3/c1-24-14-16-7-8-18(25-16)19(23)22-10-4-9-21(11-12-22)17-6-3-2-5-15(17)13-20/h2-3,5-8H,4,9-12,14H2,1H3. The minimum Gasteiger partial charge on any atom is -0.453 e. The van der Waals surface area contributed by atoms with Crippen LogP contribution in [0.15, 0.2) is 40.8 Å². The summed E-state index contributed by atoms with van der Waals surface area (Å²) in [6.07, 6.45) is 0.844. The van der Waals surface area contributed by atoms with Crippen molar-refractivity contribution in [1.29, 1.82) is 5.26 Å². The first-order valence-corrected chi connectivity index (χ1v) is 8.34. The van der Waals surface area contributed by atoms with E-state index in [1.807, 2.05) is 29.2 Å². The van der Waals surface area contributed by atoms with Crippen LogP contribution in [-0.4, -0.2) is 44.1 Å². The molecule has 0 atom stereocenters. The van der Waals surface area contributed by atoms with Crippen molar-refractivity contribution in [3.63, 3.8) is 0 Å². The minimum atomic E-state index is -0.0993. The van der Waals surface area contributed by atoms with Gasteiger partial charge in [0.05, 0.1) is 11.3 Å². The van der Waals surface area contributed by atoms with Crippen molar-refractivity contribution in [1.82, 2.24) is 4.90 Å². The summed E-state index contributed by atoms with van der Waals surface area (Å²) >= 11 is 0. The summed E-state index contributed by atoms with van der Waals surface area (Å²) in [5, 5.41) is 9.29. The molecular formula is C19H21N3O3. The molecule has 2 aromatic rings. The van der Waals surface area contributed by atoms with Gasteiger partial charge in [0.25, 0.3) is 5.91 Å². The summed E-state index contributed by atoms with van der Waals surface area (Å²) in [5.74, 6) is 0.890. The number of furan rings is 1. The number of ether oxygens (including phenoxy) is 1. The van der Waals surface area contributed by atoms with Gasteiger partial charge in [0.15, 0.2) is 5.76 Å². The van der Waals surface area contributed by atoms with Crippen molar-refractivity contribution in [3.05, 3.63) is 53.5 Å². The molecule has 0 unspecified atom stereocenters. The summed E-state index contributed by atoms with van der Waals surface area (Å²) in [7, 11) is 1.59. The SMILES string of the molecule is COCc1ccc(C(=O)N2CCCN(c3ccccc3C#N)CC2)o1. The Bertz CT molecular complexity index is 778. The van der Waals surface area contributed by atoms with Crippen LogP contribution in [0.2, 0.25) is 0 Å². The monoisotopic (exact) mass is 339 g/mol. The van der Waals surface area contributed by atoms with Crippen molar-refractivity contribution in [3.8, 4) is 6.07 Å². The van der Waals surface area contributed by atoms with E-state index in [0.29, 0.717) is 43.3 Å². The second-order valence-corrected chi connectivity index (χ2v) is 5.96. The highest BCUT2D eigenvalue weighted by Crippen LogP contribution is 2.22. The van der Waals surface area contributed by atoms with Crippen LogP contribution in [0.25, 0.3) is 0 Å². The summed E-state index contributed by atoms with van der Waals surface area (Å²) < 4.78 is 10.6. The van der Waals surface area contributed by atoms with Gasteiger partial charge in [0.2, 0.25) is 0 Å². The fourth-order valence-electron chi connectivity index (χ4n) is 3.07. The van der Waals surface area contributed by atoms with Crippen LogP contribution in [0, 0.1) is 11.3 Å². The first-order chi connectivity index (χ1) is 12.2. The van der Waals surface area contributed by atoms with E-state index >= 15 is 0 Å². The van der Waals surface area contributed by atoms with Gasteiger partial charge in [-0.2, -0.15) is 5.26 Å². The third kappa shape index (κ3) is 3.83. The number of benzene rings is 1. The maximum atomic E-state index is 12.7. The molecule has 0 saturated carbocycles. The minimum absolute atomic E-state index is 0.0993. The van der Waals surface area contributed by atoms with E-state index < -0.39 is 0 Å². The van der Waals surface area contributed by atoms with Gasteiger partial charge in [-0.25, -0.2) is 0 Å². The second kappa shape index (κ2) is 7.86. The predicted molar refractivity (Wildman–Crippen MR) is 93.3 cm³/mol. The van der Waals surface area contributed by atoms with Crippen molar-refractivity contribution in [2.24, 2.45) is 0 Å². The number of carbonyl (C=O) groups excluding carboxylic acids is 1. The molecule has 0 N–H and O–H groups in total. The molecule has 1 aliphatic rings. The molecule has 1 aromatic carbocycles. The van der Waals surface area contributed by atoms with Crippen LogP contribution >= 0.6 is 0 Å². The number of methoxy groups -OCH3 is 1. The van der Waals surface area contributed by atoms with Gasteiger partial charge in [0, 0.05) is 33.3 Å². The molecule has 0 aliphatic carbocycles. The quantitative estimate of drug-likeness (QED) is 0.856. The molecule has 0 bridgehead atoms. The number of carbonyl (C=O) groups is 1. The van der Waals surface area contributed by atoms with Crippen molar-refractivity contribution < 1.29 is 13.9 Å². The number of hydrogen-bond donors (Lipinski definition) is 0. The lowest BCUT2D eigenvalue weighted by Crippen LogP contribution is -2.35. The molecular weight excluding hydrogens is 318 g/mol. The molecule has 3 rings (SSSR count). The van der Waals surface area contributed by atoms with E-state index in [2.05, 4.69) is 11.0 Å². The van der Waals surface area contributed by atoms with Gasteiger partial charge >= 0.3 is 0 Å². The Morgan fingerprint density at radius 3 is 2.84 bits per heavy atom. The number of rotatable bonds is 4. The zero-order valence-electron chi connectivity index (χ0n) is 14.3. The highest BCUT2D eigenvalue weighted by molar-refractivity contribution is 5.91. The zero-order valence-corrected chi connectivity index (χ0v) is 14.3. The Kier molecular flexibility index (Phi) is 5.36. The molecule has 1 amide bonds. The lowest BCUT2D eigenvalue weighted by atomic mass is 10.1. The van der Waals surface area contributed by atoms with E-state index in [9.17, 15) is 10.1 Å². The van der Waals surface area contributed by atoms with Gasteiger partial charge in [-0.15, -0.1) is 0 Å². The summed E-state index contributed by atoms with van der Waals surface area (Å²) in [6, 6.07) is 13.3. The summed E-state index contributed by atoms with van der Waals surface area (Å²) in [5.41, 5.74) is 1.59. The molecule has 6 heteroatoms. The highest BCUT2D eigenvalue weighted by atomic mass is 16.5. The Balaban J connectivity index is 1.68. The van der Waals surface area contributed by atoms with Crippen LogP contribution < -0.4 is 4.90 Å². The van der Waals surface area contributed by atoms with Crippen LogP contribution in [0.5, 0.6) is 0 Å². The summed E-state index contributed by atoms with van der Waals surface area (Å²) in [4.78, 5) is 16.6. The normalized spacial score (nSPS) is 14.9. The third-order valence-corrected chi connectivity index (χ3v) is 4.31. The van der Waals surface area contributed by atoms with Crippen molar-refractivity contribution in [2.45, 2.75) is 13.0 Å². The smallest absolute Gasteiger partial charge is 0.289 e. The van der Waals surface area contributed by atoms with E-state index in [1.54, 1.807) is 19.2 Å². The average molecular weight is 339 g/mol. The largest absolute Gasteiger partial charge is 0.453 e. The number of hydrogen-bond acceptors (Lipinski definition) is 5. The van der Waals surface area contributed by atoms with Gasteiger partial charge in [-0.1, -0.05) is 12.1 Å². The second-order valence-electron chi connectivity index (χ2n) is 5.96. The molecule has 25 heavy (non-hydrogen) atoms. The number of anilines is 1. The Morgan fingerprint density at radius 2 is 2.04 bits per heavy atom. The lowest BCUT2D eigenvalue weighted by molar-refractivity contribution is 0.0727. The Morgan fingerprint density at radius 1 is 1.20 bits per heavy atom. The maximum absolute atomic E-state index is 12.7. The first-order valence-electron chi connectivity index (χ1n) is 8.34. The average Bonchev–Trinajstić information content (AvgIpc) is 2.97. The van der Waals surface area contributed by atoms with Gasteiger partial charge < -0.3 is 19.0 Å². The molecule has 0 radical (unpaired) electrons. The van der Waals surface area contributed by atoms with Gasteiger partial charge in [0.1, 0.15) is 18.4 Å². The molecule has 1 saturated heterocycles. The fourth-order valence-corrected chi connectivity index (χ4v) is 3.07. The van der Waals surface area contributed by atoms with E-state index in [4.69, 9.17) is 9.15 Å². The Labute approximate surface area is 147 Å². The van der Waals surface area contributed by atoms with E-state index in [1.165, 1.54) is 0 Å². The zero-order chi connectivity index (χ0) is 17.6. The molecule has 1 aliphatic heterocycles. The van der Waals surface area contributed by atoms with Gasteiger partial charge in [-0.3, -0.25) is 4.79 Å². The molecule has 6 nitrogen and oxygen atoms in total. The molecule has 1 fully saturated rings. The molecule has 0 spiro atoms. The van der Waals surface area contributed by atoms with Crippen LogP contribution in [0.4, 0.5) is 5.69 Å². The van der Waals surface area contributed by atoms with Crippen LogP contribution in [0.3, 0.4) is 0 Å². The number of nitriles is 1. The maximum Gasteiger partial charge on any atom is 0.289 e.